The van der Waals surface area contributed by atoms with Gasteiger partial charge in [0.2, 0.25) is 5.91 Å². The second kappa shape index (κ2) is 11.2. The molecule has 1 saturated heterocycles. The minimum Gasteiger partial charge on any atom is -0.349 e. The van der Waals surface area contributed by atoms with Crippen molar-refractivity contribution in [1.82, 2.24) is 18.8 Å². The first-order chi connectivity index (χ1) is 15.3. The normalized spacial score (nSPS) is 18.7. The molecule has 1 aliphatic carbocycles. The van der Waals surface area contributed by atoms with Gasteiger partial charge >= 0.3 is 0 Å². The van der Waals surface area contributed by atoms with Crippen LogP contribution in [-0.4, -0.2) is 85.6 Å². The van der Waals surface area contributed by atoms with Crippen LogP contribution < -0.4 is 10.6 Å². The molecular weight excluding hydrogens is 430 g/mol. The average molecular weight is 466 g/mol. The number of carbonyl (C=O) groups excluding carboxylic acids is 2. The zero-order chi connectivity index (χ0) is 23.1. The highest BCUT2D eigenvalue weighted by atomic mass is 32.2. The highest BCUT2D eigenvalue weighted by Crippen LogP contribution is 2.20. The van der Waals surface area contributed by atoms with Gasteiger partial charge in [-0.3, -0.25) is 14.5 Å². The molecule has 3 rings (SSSR count). The largest absolute Gasteiger partial charge is 0.349 e. The molecule has 2 amide bonds. The number of piperazine rings is 1. The van der Waals surface area contributed by atoms with Crippen molar-refractivity contribution in [1.29, 1.82) is 0 Å². The molecule has 9 nitrogen and oxygen atoms in total. The van der Waals surface area contributed by atoms with Crippen molar-refractivity contribution < 1.29 is 18.0 Å². The fraction of sp³-hybridized carbons (Fsp3) is 0.636. The van der Waals surface area contributed by atoms with E-state index in [1.165, 1.54) is 8.61 Å². The van der Waals surface area contributed by atoms with Crippen molar-refractivity contribution in [2.24, 2.45) is 0 Å². The minimum atomic E-state index is -3.45. The Balaban J connectivity index is 1.53. The van der Waals surface area contributed by atoms with Crippen molar-refractivity contribution in [3.8, 4) is 0 Å². The van der Waals surface area contributed by atoms with E-state index in [0.29, 0.717) is 50.5 Å². The van der Waals surface area contributed by atoms with Crippen LogP contribution in [0, 0.1) is 0 Å². The first-order valence-electron chi connectivity index (χ1n) is 11.5. The van der Waals surface area contributed by atoms with E-state index in [1.54, 1.807) is 24.3 Å². The van der Waals surface area contributed by atoms with Gasteiger partial charge in [0, 0.05) is 45.3 Å². The van der Waals surface area contributed by atoms with Crippen molar-refractivity contribution >= 4 is 27.7 Å². The molecule has 1 saturated carbocycles. The van der Waals surface area contributed by atoms with Crippen molar-refractivity contribution in [3.05, 3.63) is 29.8 Å². The van der Waals surface area contributed by atoms with Crippen LogP contribution in [0.15, 0.2) is 24.3 Å². The third kappa shape index (κ3) is 6.06. The molecule has 1 aromatic carbocycles. The molecule has 2 aliphatic rings. The average Bonchev–Trinajstić information content (AvgIpc) is 3.28. The van der Waals surface area contributed by atoms with Gasteiger partial charge in [0.25, 0.3) is 16.1 Å². The van der Waals surface area contributed by atoms with E-state index in [1.807, 2.05) is 18.7 Å². The van der Waals surface area contributed by atoms with Crippen LogP contribution in [0.4, 0.5) is 5.69 Å². The number of nitrogens with zero attached hydrogens (tertiary/aromatic N) is 3. The summed E-state index contributed by atoms with van der Waals surface area (Å²) in [5.74, 6) is -0.380. The van der Waals surface area contributed by atoms with Crippen molar-refractivity contribution in [2.75, 3.05) is 51.1 Å². The molecule has 0 radical (unpaired) electrons. The van der Waals surface area contributed by atoms with Crippen LogP contribution in [-0.2, 0) is 15.0 Å². The second-order valence-electron chi connectivity index (χ2n) is 8.32. The molecular formula is C22H35N5O4S. The predicted octanol–water partition coefficient (Wildman–Crippen LogP) is 1.50. The molecule has 1 aliphatic heterocycles. The number of nitrogens with one attached hydrogen (secondary N) is 2. The van der Waals surface area contributed by atoms with Gasteiger partial charge in [-0.25, -0.2) is 0 Å². The summed E-state index contributed by atoms with van der Waals surface area (Å²) in [6, 6.07) is 7.23. The van der Waals surface area contributed by atoms with Crippen LogP contribution in [0.25, 0.3) is 0 Å². The summed E-state index contributed by atoms with van der Waals surface area (Å²) < 4.78 is 28.2. The summed E-state index contributed by atoms with van der Waals surface area (Å²) in [4.78, 5) is 27.3. The van der Waals surface area contributed by atoms with Crippen LogP contribution in [0.1, 0.15) is 49.9 Å². The third-order valence-corrected chi connectivity index (χ3v) is 8.38. The fourth-order valence-electron chi connectivity index (χ4n) is 4.35. The van der Waals surface area contributed by atoms with Crippen molar-refractivity contribution in [2.45, 2.75) is 45.6 Å². The van der Waals surface area contributed by atoms with Gasteiger partial charge in [-0.05, 0) is 25.0 Å². The van der Waals surface area contributed by atoms with Crippen LogP contribution >= 0.6 is 0 Å². The topological polar surface area (TPSA) is 102 Å². The lowest BCUT2D eigenvalue weighted by molar-refractivity contribution is -0.117. The first-order valence-corrected chi connectivity index (χ1v) is 12.9. The van der Waals surface area contributed by atoms with Gasteiger partial charge in [-0.1, -0.05) is 38.8 Å². The number of amides is 2. The van der Waals surface area contributed by atoms with Gasteiger partial charge in [-0.2, -0.15) is 17.0 Å². The zero-order valence-corrected chi connectivity index (χ0v) is 19.9. The molecule has 10 heteroatoms. The number of benzene rings is 1. The molecule has 0 atom stereocenters. The Bertz CT molecular complexity index is 889. The Labute approximate surface area is 191 Å². The monoisotopic (exact) mass is 465 g/mol. The van der Waals surface area contributed by atoms with Gasteiger partial charge in [0.1, 0.15) is 0 Å². The van der Waals surface area contributed by atoms with E-state index in [9.17, 15) is 18.0 Å². The molecule has 0 unspecified atom stereocenters. The summed E-state index contributed by atoms with van der Waals surface area (Å²) in [5.41, 5.74) is 0.957. The fourth-order valence-corrected chi connectivity index (χ4v) is 5.95. The Hall–Kier alpha value is -2.01. The Morgan fingerprint density at radius 1 is 1.03 bits per heavy atom. The standard InChI is InChI=1S/C22H35N5O4S/c1-3-26(4-2)32(30,31)27-15-13-25(14-16-27)17-21(28)24-20-12-8-7-11-19(20)22(29)23-18-9-5-6-10-18/h7-8,11-12,18H,3-6,9-10,13-17H2,1-2H3,(H,23,29)(H,24,28). The predicted molar refractivity (Wildman–Crippen MR) is 125 cm³/mol. The van der Waals surface area contributed by atoms with Crippen LogP contribution in [0.2, 0.25) is 0 Å². The lowest BCUT2D eigenvalue weighted by Crippen LogP contribution is -2.54. The summed E-state index contributed by atoms with van der Waals surface area (Å²) in [6.07, 6.45) is 4.26. The number of anilines is 1. The zero-order valence-electron chi connectivity index (χ0n) is 19.0. The second-order valence-corrected chi connectivity index (χ2v) is 10.2. The minimum absolute atomic E-state index is 0.151. The summed E-state index contributed by atoms with van der Waals surface area (Å²) in [6.45, 7) is 6.36. The maximum absolute atomic E-state index is 12.7. The Morgan fingerprint density at radius 2 is 1.66 bits per heavy atom. The maximum atomic E-state index is 12.7. The lowest BCUT2D eigenvalue weighted by Gasteiger charge is -2.35. The third-order valence-electron chi connectivity index (χ3n) is 6.19. The van der Waals surface area contributed by atoms with Crippen LogP contribution in [0.3, 0.4) is 0 Å². The van der Waals surface area contributed by atoms with Gasteiger partial charge < -0.3 is 10.6 Å². The molecule has 32 heavy (non-hydrogen) atoms. The maximum Gasteiger partial charge on any atom is 0.282 e. The molecule has 0 spiro atoms. The SMILES string of the molecule is CCN(CC)S(=O)(=O)N1CCN(CC(=O)Nc2ccccc2C(=O)NC2CCCC2)CC1. The van der Waals surface area contributed by atoms with E-state index < -0.39 is 10.2 Å². The highest BCUT2D eigenvalue weighted by Gasteiger charge is 2.31. The first kappa shape index (κ1) is 24.6. The summed E-state index contributed by atoms with van der Waals surface area (Å²) >= 11 is 0. The molecule has 1 heterocycles. The van der Waals surface area contributed by atoms with E-state index in [2.05, 4.69) is 10.6 Å². The quantitative estimate of drug-likeness (QED) is 0.576. The summed E-state index contributed by atoms with van der Waals surface area (Å²) in [7, 11) is -3.45. The van der Waals surface area contributed by atoms with E-state index in [4.69, 9.17) is 0 Å². The van der Waals surface area contributed by atoms with Gasteiger partial charge in [0.05, 0.1) is 17.8 Å². The molecule has 0 aromatic heterocycles. The van der Waals surface area contributed by atoms with Gasteiger partial charge in [0.15, 0.2) is 0 Å². The van der Waals surface area contributed by atoms with Crippen LogP contribution in [0.5, 0.6) is 0 Å². The number of para-hydroxylation sites is 1. The highest BCUT2D eigenvalue weighted by molar-refractivity contribution is 7.86. The number of carbonyl (C=O) groups is 2. The number of hydrogen-bond acceptors (Lipinski definition) is 5. The molecule has 2 N–H and O–H groups in total. The number of rotatable bonds is 9. The van der Waals surface area contributed by atoms with E-state index in [0.717, 1.165) is 25.7 Å². The molecule has 2 fully saturated rings. The van der Waals surface area contributed by atoms with Crippen molar-refractivity contribution in [3.63, 3.8) is 0 Å². The Morgan fingerprint density at radius 3 is 2.28 bits per heavy atom. The Kier molecular flexibility index (Phi) is 8.64. The molecule has 1 aromatic rings. The molecule has 178 valence electrons. The summed E-state index contributed by atoms with van der Waals surface area (Å²) in [5, 5.41) is 5.92. The van der Waals surface area contributed by atoms with E-state index in [-0.39, 0.29) is 24.4 Å². The number of hydrogen-bond donors (Lipinski definition) is 2. The molecule has 0 bridgehead atoms. The van der Waals surface area contributed by atoms with Gasteiger partial charge in [-0.15, -0.1) is 0 Å². The smallest absolute Gasteiger partial charge is 0.282 e. The lowest BCUT2D eigenvalue weighted by atomic mass is 10.1. The van der Waals surface area contributed by atoms with E-state index >= 15 is 0 Å².